The van der Waals surface area contributed by atoms with Gasteiger partial charge in [0.1, 0.15) is 5.60 Å². The maximum absolute atomic E-state index is 11.6. The van der Waals surface area contributed by atoms with Crippen LogP contribution in [0.2, 0.25) is 0 Å². The molecule has 0 bridgehead atoms. The highest BCUT2D eigenvalue weighted by molar-refractivity contribution is 5.67. The van der Waals surface area contributed by atoms with Gasteiger partial charge in [-0.1, -0.05) is 31.2 Å². The van der Waals surface area contributed by atoms with E-state index in [1.807, 2.05) is 20.8 Å². The summed E-state index contributed by atoms with van der Waals surface area (Å²) in [6, 6.07) is 8.75. The molecule has 1 heterocycles. The van der Waals surface area contributed by atoms with E-state index in [9.17, 15) is 4.79 Å². The van der Waals surface area contributed by atoms with Gasteiger partial charge in [-0.25, -0.2) is 4.79 Å². The van der Waals surface area contributed by atoms with Gasteiger partial charge in [0, 0.05) is 19.6 Å². The summed E-state index contributed by atoms with van der Waals surface area (Å²) in [5.41, 5.74) is 2.52. The van der Waals surface area contributed by atoms with Gasteiger partial charge in [0.25, 0.3) is 0 Å². The zero-order chi connectivity index (χ0) is 16.9. The van der Waals surface area contributed by atoms with Crippen molar-refractivity contribution in [1.29, 1.82) is 0 Å². The van der Waals surface area contributed by atoms with Gasteiger partial charge in [0.2, 0.25) is 0 Å². The molecule has 1 aliphatic rings. The number of rotatable bonds is 5. The first-order valence-electron chi connectivity index (χ1n) is 8.62. The van der Waals surface area contributed by atoms with Crippen molar-refractivity contribution in [1.82, 2.24) is 10.2 Å². The van der Waals surface area contributed by atoms with Gasteiger partial charge >= 0.3 is 6.09 Å². The minimum absolute atomic E-state index is 0.321. The third kappa shape index (κ3) is 5.87. The Hall–Kier alpha value is -1.55. The van der Waals surface area contributed by atoms with Crippen LogP contribution in [0.1, 0.15) is 57.6 Å². The lowest BCUT2D eigenvalue weighted by atomic mass is 9.91. The fourth-order valence-corrected chi connectivity index (χ4v) is 3.09. The average molecular weight is 318 g/mol. The number of nitrogens with one attached hydrogen (secondary N) is 1. The van der Waals surface area contributed by atoms with E-state index in [1.165, 1.54) is 11.1 Å². The molecule has 1 aromatic carbocycles. The summed E-state index contributed by atoms with van der Waals surface area (Å²) >= 11 is 0. The van der Waals surface area contributed by atoms with Gasteiger partial charge in [-0.3, -0.25) is 4.90 Å². The Morgan fingerprint density at radius 2 is 2.04 bits per heavy atom. The molecular weight excluding hydrogens is 288 g/mol. The van der Waals surface area contributed by atoms with Crippen LogP contribution in [0.15, 0.2) is 24.3 Å². The smallest absolute Gasteiger partial charge is 0.407 e. The molecule has 1 N–H and O–H groups in total. The number of unbranched alkanes of at least 4 members (excludes halogenated alkanes) is 1. The fraction of sp³-hybridized carbons (Fsp3) is 0.632. The van der Waals surface area contributed by atoms with Crippen LogP contribution >= 0.6 is 0 Å². The first-order chi connectivity index (χ1) is 10.8. The molecule has 23 heavy (non-hydrogen) atoms. The third-order valence-corrected chi connectivity index (χ3v) is 4.08. The van der Waals surface area contributed by atoms with Gasteiger partial charge in [-0.15, -0.1) is 0 Å². The highest BCUT2D eigenvalue weighted by Crippen LogP contribution is 2.27. The quantitative estimate of drug-likeness (QED) is 0.837. The number of ether oxygens (including phenoxy) is 1. The van der Waals surface area contributed by atoms with E-state index in [4.69, 9.17) is 4.74 Å². The number of carbonyl (C=O) groups excluding carboxylic acids is 1. The van der Waals surface area contributed by atoms with Gasteiger partial charge in [-0.05, 0) is 57.2 Å². The summed E-state index contributed by atoms with van der Waals surface area (Å²) in [6.07, 6.45) is 1.74. The van der Waals surface area contributed by atoms with Gasteiger partial charge < -0.3 is 10.1 Å². The summed E-state index contributed by atoms with van der Waals surface area (Å²) < 4.78 is 5.23. The second kappa shape index (κ2) is 7.82. The van der Waals surface area contributed by atoms with Crippen LogP contribution in [0, 0.1) is 0 Å². The molecule has 1 amide bonds. The van der Waals surface area contributed by atoms with Crippen molar-refractivity contribution in [2.75, 3.05) is 19.6 Å². The van der Waals surface area contributed by atoms with E-state index >= 15 is 0 Å². The summed E-state index contributed by atoms with van der Waals surface area (Å²) in [5.74, 6) is 0.597. The zero-order valence-electron chi connectivity index (χ0n) is 14.9. The average Bonchev–Trinajstić information content (AvgIpc) is 2.45. The lowest BCUT2D eigenvalue weighted by Crippen LogP contribution is -2.34. The summed E-state index contributed by atoms with van der Waals surface area (Å²) in [7, 11) is 0. The SMILES string of the molecule is CC1CN(CCCCNC(=O)OC(C)(C)C)Cc2ccccc21. The Morgan fingerprint density at radius 3 is 2.78 bits per heavy atom. The van der Waals surface area contributed by atoms with Crippen LogP contribution in [0.5, 0.6) is 0 Å². The minimum Gasteiger partial charge on any atom is -0.444 e. The maximum atomic E-state index is 11.6. The fourth-order valence-electron chi connectivity index (χ4n) is 3.09. The minimum atomic E-state index is -0.429. The predicted octanol–water partition coefficient (Wildman–Crippen LogP) is 3.91. The van der Waals surface area contributed by atoms with Gasteiger partial charge in [0.15, 0.2) is 0 Å². The van der Waals surface area contributed by atoms with Crippen LogP contribution in [-0.4, -0.2) is 36.2 Å². The molecule has 0 radical (unpaired) electrons. The standard InChI is InChI=1S/C19H30N2O2/c1-15-13-21(14-16-9-5-6-10-17(15)16)12-8-7-11-20-18(22)23-19(2,3)4/h5-6,9-10,15H,7-8,11-14H2,1-4H3,(H,20,22). The number of fused-ring (bicyclic) bond motifs is 1. The molecule has 0 aliphatic carbocycles. The van der Waals surface area contributed by atoms with Crippen molar-refractivity contribution in [2.45, 2.75) is 58.6 Å². The van der Waals surface area contributed by atoms with Crippen molar-refractivity contribution in [3.8, 4) is 0 Å². The maximum Gasteiger partial charge on any atom is 0.407 e. The molecule has 4 nitrogen and oxygen atoms in total. The van der Waals surface area contributed by atoms with E-state index in [2.05, 4.69) is 41.4 Å². The van der Waals surface area contributed by atoms with Crippen molar-refractivity contribution >= 4 is 6.09 Å². The number of nitrogens with zero attached hydrogens (tertiary/aromatic N) is 1. The number of hydrogen-bond acceptors (Lipinski definition) is 3. The van der Waals surface area contributed by atoms with Crippen LogP contribution < -0.4 is 5.32 Å². The van der Waals surface area contributed by atoms with Crippen LogP contribution in [-0.2, 0) is 11.3 Å². The molecule has 1 aromatic rings. The number of alkyl carbamates (subject to hydrolysis) is 1. The topological polar surface area (TPSA) is 41.6 Å². The first-order valence-corrected chi connectivity index (χ1v) is 8.62. The number of hydrogen-bond donors (Lipinski definition) is 1. The van der Waals surface area contributed by atoms with Crippen molar-refractivity contribution < 1.29 is 9.53 Å². The summed E-state index contributed by atoms with van der Waals surface area (Å²) in [5, 5.41) is 2.82. The number of carbonyl (C=O) groups is 1. The van der Waals surface area contributed by atoms with Crippen LogP contribution in [0.4, 0.5) is 4.79 Å². The van der Waals surface area contributed by atoms with E-state index < -0.39 is 5.60 Å². The Morgan fingerprint density at radius 1 is 1.30 bits per heavy atom. The third-order valence-electron chi connectivity index (χ3n) is 4.08. The largest absolute Gasteiger partial charge is 0.444 e. The molecule has 0 fully saturated rings. The molecule has 0 aromatic heterocycles. The Bertz CT molecular complexity index is 522. The molecule has 128 valence electrons. The molecule has 0 saturated heterocycles. The Kier molecular flexibility index (Phi) is 6.05. The molecule has 1 atom stereocenters. The second-order valence-electron chi connectivity index (χ2n) is 7.47. The molecule has 4 heteroatoms. The Balaban J connectivity index is 1.65. The predicted molar refractivity (Wildman–Crippen MR) is 93.6 cm³/mol. The number of benzene rings is 1. The van der Waals surface area contributed by atoms with E-state index in [1.54, 1.807) is 0 Å². The molecule has 0 spiro atoms. The molecule has 1 aliphatic heterocycles. The molecular formula is C19H30N2O2. The highest BCUT2D eigenvalue weighted by atomic mass is 16.6. The van der Waals surface area contributed by atoms with Crippen LogP contribution in [0.3, 0.4) is 0 Å². The molecule has 0 saturated carbocycles. The van der Waals surface area contributed by atoms with Crippen molar-refractivity contribution in [3.05, 3.63) is 35.4 Å². The van der Waals surface area contributed by atoms with E-state index in [0.29, 0.717) is 12.5 Å². The second-order valence-corrected chi connectivity index (χ2v) is 7.47. The van der Waals surface area contributed by atoms with E-state index in [-0.39, 0.29) is 6.09 Å². The van der Waals surface area contributed by atoms with Crippen molar-refractivity contribution in [2.24, 2.45) is 0 Å². The normalized spacial score (nSPS) is 18.3. The monoisotopic (exact) mass is 318 g/mol. The summed E-state index contributed by atoms with van der Waals surface area (Å²) in [6.45, 7) is 11.8. The lowest BCUT2D eigenvalue weighted by Gasteiger charge is -2.33. The van der Waals surface area contributed by atoms with Crippen molar-refractivity contribution in [3.63, 3.8) is 0 Å². The molecule has 2 rings (SSSR count). The van der Waals surface area contributed by atoms with E-state index in [0.717, 1.165) is 32.5 Å². The summed E-state index contributed by atoms with van der Waals surface area (Å²) in [4.78, 5) is 14.1. The number of amides is 1. The first kappa shape index (κ1) is 17.8. The lowest BCUT2D eigenvalue weighted by molar-refractivity contribution is 0.0526. The van der Waals surface area contributed by atoms with Gasteiger partial charge in [0.05, 0.1) is 0 Å². The Labute approximate surface area is 140 Å². The molecule has 1 unspecified atom stereocenters. The zero-order valence-corrected chi connectivity index (χ0v) is 14.9. The van der Waals surface area contributed by atoms with Crippen LogP contribution in [0.25, 0.3) is 0 Å². The van der Waals surface area contributed by atoms with Gasteiger partial charge in [-0.2, -0.15) is 0 Å². The highest BCUT2D eigenvalue weighted by Gasteiger charge is 2.21.